The zero-order valence-electron chi connectivity index (χ0n) is 31.1. The van der Waals surface area contributed by atoms with Crippen LogP contribution in [0.2, 0.25) is 0 Å². The molecule has 0 unspecified atom stereocenters. The lowest BCUT2D eigenvalue weighted by Crippen LogP contribution is -1.94. The summed E-state index contributed by atoms with van der Waals surface area (Å²) in [5.74, 6) is 1.05. The highest BCUT2D eigenvalue weighted by molar-refractivity contribution is 6.24. The Morgan fingerprint density at radius 2 is 1.20 bits per heavy atom. The van der Waals surface area contributed by atoms with Crippen molar-refractivity contribution in [3.05, 3.63) is 199 Å². The SMILES string of the molecule is C=Cc1oc2cccc(-c3cccc(-c4c5ccccc5c(-c5cc(C)c(-c6ccc(O)cc6)c6ccccc56)c5ccccc45)c3)c2c1/C=C1/C=CC=CC1. The number of hydrogen-bond acceptors (Lipinski definition) is 2. The molecule has 0 aliphatic heterocycles. The molecule has 1 N–H and O–H groups in total. The number of benzene rings is 8. The highest BCUT2D eigenvalue weighted by Gasteiger charge is 2.21. The number of hydrogen-bond donors (Lipinski definition) is 1. The molecule has 0 amide bonds. The maximum Gasteiger partial charge on any atom is 0.136 e. The van der Waals surface area contributed by atoms with E-state index >= 15 is 0 Å². The Bertz CT molecular complexity index is 3070. The first-order valence-corrected chi connectivity index (χ1v) is 19.2. The van der Waals surface area contributed by atoms with Crippen LogP contribution in [-0.2, 0) is 0 Å². The zero-order valence-corrected chi connectivity index (χ0v) is 31.1. The highest BCUT2D eigenvalue weighted by atomic mass is 16.3. The van der Waals surface area contributed by atoms with E-state index in [1.54, 1.807) is 12.1 Å². The van der Waals surface area contributed by atoms with Gasteiger partial charge in [-0.15, -0.1) is 0 Å². The summed E-state index contributed by atoms with van der Waals surface area (Å²) < 4.78 is 6.40. The summed E-state index contributed by atoms with van der Waals surface area (Å²) in [5, 5.41) is 18.4. The molecule has 0 radical (unpaired) electrons. The predicted octanol–water partition coefficient (Wildman–Crippen LogP) is 15.1. The van der Waals surface area contributed by atoms with Gasteiger partial charge < -0.3 is 9.52 Å². The average Bonchev–Trinajstić information content (AvgIpc) is 3.60. The molecule has 1 aliphatic rings. The van der Waals surface area contributed by atoms with Gasteiger partial charge in [-0.1, -0.05) is 152 Å². The first kappa shape index (κ1) is 33.4. The largest absolute Gasteiger partial charge is 0.508 e. The molecule has 2 nitrogen and oxygen atoms in total. The molecule has 0 bridgehead atoms. The van der Waals surface area contributed by atoms with E-state index in [9.17, 15) is 5.11 Å². The number of rotatable bonds is 6. The van der Waals surface area contributed by atoms with E-state index in [4.69, 9.17) is 4.42 Å². The van der Waals surface area contributed by atoms with Gasteiger partial charge in [-0.25, -0.2) is 0 Å². The van der Waals surface area contributed by atoms with Crippen LogP contribution in [-0.4, -0.2) is 5.11 Å². The van der Waals surface area contributed by atoms with Crippen LogP contribution in [0.4, 0.5) is 0 Å². The lowest BCUT2D eigenvalue weighted by Gasteiger charge is -2.21. The smallest absolute Gasteiger partial charge is 0.136 e. The number of phenolic OH excluding ortho intramolecular Hbond substituents is 1. The van der Waals surface area contributed by atoms with Gasteiger partial charge in [-0.2, -0.15) is 0 Å². The molecule has 8 aromatic carbocycles. The van der Waals surface area contributed by atoms with Gasteiger partial charge in [0.2, 0.25) is 0 Å². The minimum absolute atomic E-state index is 0.267. The van der Waals surface area contributed by atoms with Gasteiger partial charge in [0.05, 0.1) is 0 Å². The molecule has 0 spiro atoms. The van der Waals surface area contributed by atoms with E-state index in [0.29, 0.717) is 0 Å². The predicted molar refractivity (Wildman–Crippen MR) is 238 cm³/mol. The zero-order chi connectivity index (χ0) is 37.8. The quantitative estimate of drug-likeness (QED) is 0.174. The fourth-order valence-electron chi connectivity index (χ4n) is 8.85. The third-order valence-corrected chi connectivity index (χ3v) is 11.3. The molecule has 0 atom stereocenters. The maximum atomic E-state index is 10.1. The number of aromatic hydroxyl groups is 1. The number of allylic oxidation sites excluding steroid dienone is 5. The van der Waals surface area contributed by atoms with Crippen LogP contribution in [0, 0.1) is 6.92 Å². The first-order valence-electron chi connectivity index (χ1n) is 19.2. The van der Waals surface area contributed by atoms with Crippen molar-refractivity contribution >= 4 is 55.4 Å². The van der Waals surface area contributed by atoms with Crippen LogP contribution in [0.25, 0.3) is 99.9 Å². The third-order valence-electron chi connectivity index (χ3n) is 11.3. The summed E-state index contributed by atoms with van der Waals surface area (Å²) in [4.78, 5) is 0. The Morgan fingerprint density at radius 3 is 1.86 bits per heavy atom. The minimum atomic E-state index is 0.267. The van der Waals surface area contributed by atoms with E-state index in [1.807, 2.05) is 18.2 Å². The van der Waals surface area contributed by atoms with E-state index in [-0.39, 0.29) is 5.75 Å². The molecular formula is C54H38O2. The number of furan rings is 1. The highest BCUT2D eigenvalue weighted by Crippen LogP contribution is 2.48. The van der Waals surface area contributed by atoms with Crippen molar-refractivity contribution in [2.45, 2.75) is 13.3 Å². The van der Waals surface area contributed by atoms with Crippen molar-refractivity contribution in [2.75, 3.05) is 0 Å². The second kappa shape index (κ2) is 13.6. The van der Waals surface area contributed by atoms with Crippen molar-refractivity contribution in [3.63, 3.8) is 0 Å². The standard InChI is InChI=1S/C54H38O2/c1-3-49-48(32-35-15-5-4-6-16-35)54-40(25-14-26-50(54)56-49)37-17-13-18-38(33-37)52-43-21-9-11-23-45(43)53(46-24-12-10-22-44(46)52)47-31-34(2)51(36-27-29-39(55)30-28-36)42-20-8-7-19-41(42)47/h3-15,17-33,55H,1,16H2,2H3/b35-32-. The molecule has 2 heteroatoms. The van der Waals surface area contributed by atoms with Crippen molar-refractivity contribution in [1.29, 1.82) is 0 Å². The van der Waals surface area contributed by atoms with Gasteiger partial charge in [0.25, 0.3) is 0 Å². The summed E-state index contributed by atoms with van der Waals surface area (Å²) in [6.45, 7) is 6.30. The fourth-order valence-corrected chi connectivity index (χ4v) is 8.85. The monoisotopic (exact) mass is 718 g/mol. The van der Waals surface area contributed by atoms with E-state index in [2.05, 4.69) is 165 Å². The van der Waals surface area contributed by atoms with Gasteiger partial charge in [-0.3, -0.25) is 0 Å². The summed E-state index contributed by atoms with van der Waals surface area (Å²) in [5.41, 5.74) is 13.7. The van der Waals surface area contributed by atoms with Crippen LogP contribution in [0.15, 0.2) is 186 Å². The van der Waals surface area contributed by atoms with Crippen molar-refractivity contribution in [2.24, 2.45) is 0 Å². The van der Waals surface area contributed by atoms with Gasteiger partial charge in [0.15, 0.2) is 0 Å². The average molecular weight is 719 g/mol. The van der Waals surface area contributed by atoms with E-state index < -0.39 is 0 Å². The number of fused-ring (bicyclic) bond motifs is 4. The number of phenols is 1. The molecule has 0 saturated carbocycles. The molecule has 266 valence electrons. The summed E-state index contributed by atoms with van der Waals surface area (Å²) >= 11 is 0. The summed E-state index contributed by atoms with van der Waals surface area (Å²) in [6, 6.07) is 51.7. The molecule has 0 fully saturated rings. The Balaban J connectivity index is 1.21. The molecular weight excluding hydrogens is 681 g/mol. The lowest BCUT2D eigenvalue weighted by molar-refractivity contribution is 0.475. The van der Waals surface area contributed by atoms with Crippen LogP contribution < -0.4 is 0 Å². The van der Waals surface area contributed by atoms with Crippen LogP contribution in [0.5, 0.6) is 5.75 Å². The Hall–Kier alpha value is -7.16. The topological polar surface area (TPSA) is 33.4 Å². The van der Waals surface area contributed by atoms with Crippen molar-refractivity contribution in [3.8, 4) is 50.3 Å². The fraction of sp³-hybridized carbons (Fsp3) is 0.0370. The molecule has 0 saturated heterocycles. The molecule has 9 aromatic rings. The van der Waals surface area contributed by atoms with Crippen molar-refractivity contribution in [1.82, 2.24) is 0 Å². The molecule has 56 heavy (non-hydrogen) atoms. The number of aryl methyl sites for hydroxylation is 1. The Morgan fingerprint density at radius 1 is 0.571 bits per heavy atom. The summed E-state index contributed by atoms with van der Waals surface area (Å²) in [7, 11) is 0. The van der Waals surface area contributed by atoms with Crippen LogP contribution in [0.1, 0.15) is 23.3 Å². The van der Waals surface area contributed by atoms with Gasteiger partial charge in [0.1, 0.15) is 17.1 Å². The van der Waals surface area contributed by atoms with Crippen molar-refractivity contribution < 1.29 is 9.52 Å². The second-order valence-electron chi connectivity index (χ2n) is 14.6. The van der Waals surface area contributed by atoms with Gasteiger partial charge in [0, 0.05) is 10.9 Å². The molecule has 1 aromatic heterocycles. The van der Waals surface area contributed by atoms with Gasteiger partial charge >= 0.3 is 0 Å². The third kappa shape index (κ3) is 5.49. The molecule has 1 aliphatic carbocycles. The van der Waals surface area contributed by atoms with Gasteiger partial charge in [-0.05, 0) is 138 Å². The maximum absolute atomic E-state index is 10.1. The summed E-state index contributed by atoms with van der Waals surface area (Å²) in [6.07, 6.45) is 13.5. The van der Waals surface area contributed by atoms with Crippen LogP contribution in [0.3, 0.4) is 0 Å². The molecule has 10 rings (SSSR count). The lowest BCUT2D eigenvalue weighted by atomic mass is 9.82. The van der Waals surface area contributed by atoms with E-state index in [1.165, 1.54) is 65.7 Å². The second-order valence-corrected chi connectivity index (χ2v) is 14.6. The van der Waals surface area contributed by atoms with Crippen LogP contribution >= 0.6 is 0 Å². The normalized spacial score (nSPS) is 13.4. The first-order chi connectivity index (χ1) is 27.6. The Labute approximate surface area is 326 Å². The Kier molecular flexibility index (Phi) is 8.12. The molecule has 1 heterocycles. The van der Waals surface area contributed by atoms with E-state index in [0.717, 1.165) is 51.0 Å². The minimum Gasteiger partial charge on any atom is -0.508 e.